The minimum Gasteiger partial charge on any atom is -0.390 e. The van der Waals surface area contributed by atoms with E-state index in [4.69, 9.17) is 14.7 Å². The molecule has 4 fully saturated rings. The van der Waals surface area contributed by atoms with Crippen LogP contribution in [0.1, 0.15) is 30.9 Å². The van der Waals surface area contributed by atoms with E-state index in [1.807, 2.05) is 0 Å². The number of hydrogen-bond acceptors (Lipinski definition) is 5. The fraction of sp³-hybridized carbons (Fsp3) is 0.579. The van der Waals surface area contributed by atoms with Gasteiger partial charge in [-0.1, -0.05) is 0 Å². The lowest BCUT2D eigenvalue weighted by atomic mass is 9.65. The lowest BCUT2D eigenvalue weighted by molar-refractivity contribution is -0.163. The summed E-state index contributed by atoms with van der Waals surface area (Å²) in [6.07, 6.45) is -0.696. The fourth-order valence-electron chi connectivity index (χ4n) is 5.69. The topological polar surface area (TPSA) is 82.8 Å². The molecule has 5 rings (SSSR count). The maximum Gasteiger partial charge on any atom is 0.235 e. The number of carbonyl (C=O) groups is 1. The minimum atomic E-state index is -1.15. The second-order valence-electron chi connectivity index (χ2n) is 7.98. The van der Waals surface area contributed by atoms with Gasteiger partial charge < -0.3 is 14.6 Å². The van der Waals surface area contributed by atoms with E-state index < -0.39 is 47.9 Å². The lowest BCUT2D eigenvalue weighted by Crippen LogP contribution is -2.57. The second kappa shape index (κ2) is 5.25. The van der Waals surface area contributed by atoms with Crippen molar-refractivity contribution in [2.24, 2.45) is 11.8 Å². The largest absolute Gasteiger partial charge is 0.390 e. The molecule has 1 N–H and O–H groups in total. The van der Waals surface area contributed by atoms with Crippen molar-refractivity contribution in [1.29, 1.82) is 5.26 Å². The van der Waals surface area contributed by atoms with Gasteiger partial charge in [-0.25, -0.2) is 8.78 Å². The van der Waals surface area contributed by atoms with Gasteiger partial charge in [0.15, 0.2) is 5.82 Å². The van der Waals surface area contributed by atoms with E-state index in [1.165, 1.54) is 17.0 Å². The first-order chi connectivity index (χ1) is 12.9. The highest BCUT2D eigenvalue weighted by molar-refractivity contribution is 6.00. The van der Waals surface area contributed by atoms with E-state index in [9.17, 15) is 14.3 Å². The number of carbonyl (C=O) groups excluding carboxylic acids is 1. The maximum absolute atomic E-state index is 15.0. The van der Waals surface area contributed by atoms with Crippen molar-refractivity contribution in [3.63, 3.8) is 0 Å². The standard InChI is InChI=1S/C19H18F2N2O4/c1-18-6-12(24)19(27-18)4-5-26-17-14(19)13(18)16(25)23(17)11-3-2-9(8-22)10(7-20)15(11)21/h2-3,12-14,17,24H,4-7H2,1H3/t12-,13+,14-,17-,18+,19-/m0/s1. The number of aliphatic hydroxyl groups excluding tert-OH is 1. The molecule has 4 saturated heterocycles. The van der Waals surface area contributed by atoms with E-state index >= 15 is 4.39 Å². The first kappa shape index (κ1) is 17.0. The third kappa shape index (κ3) is 1.85. The molecule has 1 spiro atoms. The average Bonchev–Trinajstić information content (AvgIpc) is 3.19. The SMILES string of the molecule is C[C@@]12C[C@H](O)[C@]3(CCO[C@H]4[C@@H]3[C@@H]1C(=O)N4c1ccc(C#N)c(CF)c1F)O2. The molecule has 0 radical (unpaired) electrons. The summed E-state index contributed by atoms with van der Waals surface area (Å²) in [6.45, 7) is 0.916. The van der Waals surface area contributed by atoms with E-state index in [0.29, 0.717) is 12.8 Å². The molecule has 0 aromatic heterocycles. The van der Waals surface area contributed by atoms with Crippen LogP contribution in [0.3, 0.4) is 0 Å². The molecular weight excluding hydrogens is 358 g/mol. The van der Waals surface area contributed by atoms with E-state index in [-0.39, 0.29) is 29.3 Å². The third-order valence-electron chi connectivity index (χ3n) is 6.75. The number of nitriles is 1. The molecule has 1 aromatic rings. The molecule has 4 aliphatic heterocycles. The Morgan fingerprint density at radius 1 is 1.48 bits per heavy atom. The van der Waals surface area contributed by atoms with Crippen molar-refractivity contribution in [2.75, 3.05) is 11.5 Å². The zero-order valence-electron chi connectivity index (χ0n) is 14.6. The summed E-state index contributed by atoms with van der Waals surface area (Å²) in [4.78, 5) is 14.5. The highest BCUT2D eigenvalue weighted by Gasteiger charge is 2.78. The van der Waals surface area contributed by atoms with Crippen molar-refractivity contribution in [1.82, 2.24) is 0 Å². The second-order valence-corrected chi connectivity index (χ2v) is 7.98. The molecule has 6 atom stereocenters. The van der Waals surface area contributed by atoms with Crippen molar-refractivity contribution >= 4 is 11.6 Å². The van der Waals surface area contributed by atoms with Gasteiger partial charge >= 0.3 is 0 Å². The van der Waals surface area contributed by atoms with Crippen LogP contribution in [0.2, 0.25) is 0 Å². The zero-order chi connectivity index (χ0) is 19.1. The molecule has 4 aliphatic rings. The molecule has 1 amide bonds. The fourth-order valence-corrected chi connectivity index (χ4v) is 5.69. The highest BCUT2D eigenvalue weighted by atomic mass is 19.1. The normalized spacial score (nSPS) is 41.7. The zero-order valence-corrected chi connectivity index (χ0v) is 14.6. The van der Waals surface area contributed by atoms with Crippen molar-refractivity contribution in [3.05, 3.63) is 29.1 Å². The van der Waals surface area contributed by atoms with Crippen molar-refractivity contribution < 1.29 is 28.2 Å². The Morgan fingerprint density at radius 2 is 2.26 bits per heavy atom. The molecule has 1 aromatic carbocycles. The monoisotopic (exact) mass is 376 g/mol. The Hall–Kier alpha value is -2.08. The number of fused-ring (bicyclic) bond motifs is 2. The summed E-state index contributed by atoms with van der Waals surface area (Å²) in [5.74, 6) is -2.25. The quantitative estimate of drug-likeness (QED) is 0.851. The number of aliphatic hydroxyl groups is 1. The van der Waals surface area contributed by atoms with Gasteiger partial charge in [0.05, 0.1) is 47.5 Å². The lowest BCUT2D eigenvalue weighted by Gasteiger charge is -2.43. The predicted molar refractivity (Wildman–Crippen MR) is 87.6 cm³/mol. The van der Waals surface area contributed by atoms with Gasteiger partial charge in [0.25, 0.3) is 0 Å². The Kier molecular flexibility index (Phi) is 3.32. The van der Waals surface area contributed by atoms with Gasteiger partial charge in [0, 0.05) is 18.4 Å². The van der Waals surface area contributed by atoms with Crippen LogP contribution in [0.15, 0.2) is 12.1 Å². The molecule has 2 bridgehead atoms. The Bertz CT molecular complexity index is 902. The molecule has 27 heavy (non-hydrogen) atoms. The van der Waals surface area contributed by atoms with Gasteiger partial charge in [-0.2, -0.15) is 5.26 Å². The molecule has 142 valence electrons. The first-order valence-corrected chi connectivity index (χ1v) is 8.98. The Balaban J connectivity index is 1.65. The number of rotatable bonds is 2. The molecular formula is C19H18F2N2O4. The van der Waals surface area contributed by atoms with Crippen LogP contribution in [-0.2, 0) is 20.9 Å². The molecule has 6 nitrogen and oxygen atoms in total. The molecule has 0 saturated carbocycles. The van der Waals surface area contributed by atoms with Crippen LogP contribution in [0.5, 0.6) is 0 Å². The minimum absolute atomic E-state index is 0.0967. The van der Waals surface area contributed by atoms with Crippen LogP contribution in [-0.4, -0.2) is 41.2 Å². The number of anilines is 1. The van der Waals surface area contributed by atoms with Crippen LogP contribution in [0, 0.1) is 29.0 Å². The summed E-state index contributed by atoms with van der Waals surface area (Å²) in [7, 11) is 0. The van der Waals surface area contributed by atoms with Crippen molar-refractivity contribution in [3.8, 4) is 6.07 Å². The number of ether oxygens (including phenoxy) is 2. The van der Waals surface area contributed by atoms with Gasteiger partial charge in [0.1, 0.15) is 18.5 Å². The average molecular weight is 376 g/mol. The third-order valence-corrected chi connectivity index (χ3v) is 6.75. The Labute approximate surface area is 154 Å². The first-order valence-electron chi connectivity index (χ1n) is 8.98. The molecule has 4 heterocycles. The Morgan fingerprint density at radius 3 is 2.96 bits per heavy atom. The summed E-state index contributed by atoms with van der Waals surface area (Å²) < 4.78 is 40.4. The smallest absolute Gasteiger partial charge is 0.235 e. The van der Waals surface area contributed by atoms with Crippen molar-refractivity contribution in [2.45, 2.75) is 50.0 Å². The van der Waals surface area contributed by atoms with E-state index in [2.05, 4.69) is 0 Å². The maximum atomic E-state index is 15.0. The number of alkyl halides is 1. The molecule has 8 heteroatoms. The molecule has 0 unspecified atom stereocenters. The number of hydrogen-bond donors (Lipinski definition) is 1. The van der Waals surface area contributed by atoms with Gasteiger partial charge in [0.2, 0.25) is 5.91 Å². The van der Waals surface area contributed by atoms with Gasteiger partial charge in [-0.3, -0.25) is 9.69 Å². The predicted octanol–water partition coefficient (Wildman–Crippen LogP) is 1.78. The highest BCUT2D eigenvalue weighted by Crippen LogP contribution is 2.65. The number of benzene rings is 1. The summed E-state index contributed by atoms with van der Waals surface area (Å²) in [5, 5.41) is 19.7. The number of amides is 1. The van der Waals surface area contributed by atoms with Crippen LogP contribution in [0.4, 0.5) is 14.5 Å². The van der Waals surface area contributed by atoms with Crippen LogP contribution >= 0.6 is 0 Å². The summed E-state index contributed by atoms with van der Waals surface area (Å²) in [6, 6.07) is 4.40. The van der Waals surface area contributed by atoms with E-state index in [1.54, 1.807) is 13.0 Å². The van der Waals surface area contributed by atoms with Crippen LogP contribution < -0.4 is 4.90 Å². The van der Waals surface area contributed by atoms with E-state index in [0.717, 1.165) is 0 Å². The number of nitrogens with zero attached hydrogens (tertiary/aromatic N) is 2. The van der Waals surface area contributed by atoms with Gasteiger partial charge in [-0.05, 0) is 19.1 Å². The summed E-state index contributed by atoms with van der Waals surface area (Å²) in [5.41, 5.74) is -2.28. The number of halogens is 2. The summed E-state index contributed by atoms with van der Waals surface area (Å²) >= 11 is 0. The molecule has 0 aliphatic carbocycles. The van der Waals surface area contributed by atoms with Gasteiger partial charge in [-0.15, -0.1) is 0 Å². The van der Waals surface area contributed by atoms with Crippen LogP contribution in [0.25, 0.3) is 0 Å².